The third-order valence-corrected chi connectivity index (χ3v) is 7.40. The summed E-state index contributed by atoms with van der Waals surface area (Å²) in [4.78, 5) is 33.4. The van der Waals surface area contributed by atoms with Crippen molar-refractivity contribution in [1.29, 1.82) is 0 Å². The van der Waals surface area contributed by atoms with E-state index < -0.39 is 5.97 Å². The van der Waals surface area contributed by atoms with E-state index in [2.05, 4.69) is 25.5 Å². The molecule has 166 valence electrons. The normalized spacial score (nSPS) is 12.3. The van der Waals surface area contributed by atoms with Crippen molar-refractivity contribution in [3.63, 3.8) is 0 Å². The van der Waals surface area contributed by atoms with Gasteiger partial charge in [-0.05, 0) is 67.8 Å². The number of tetrazole rings is 1. The summed E-state index contributed by atoms with van der Waals surface area (Å²) in [5.74, 6) is 0.0451. The van der Waals surface area contributed by atoms with Crippen molar-refractivity contribution in [1.82, 2.24) is 30.2 Å². The first kappa shape index (κ1) is 22.2. The van der Waals surface area contributed by atoms with Crippen LogP contribution < -0.4 is 5.56 Å². The minimum Gasteiger partial charge on any atom is -0.462 e. The van der Waals surface area contributed by atoms with Crippen LogP contribution in [0.1, 0.15) is 51.3 Å². The molecule has 0 amide bonds. The Morgan fingerprint density at radius 3 is 2.81 bits per heavy atom. The van der Waals surface area contributed by atoms with Gasteiger partial charge >= 0.3 is 5.97 Å². The average Bonchev–Trinajstić information content (AvgIpc) is 3.34. The number of aromatic amines is 1. The van der Waals surface area contributed by atoms with Gasteiger partial charge in [0, 0.05) is 0 Å². The number of nitrogens with one attached hydrogen (secondary N) is 1. The van der Waals surface area contributed by atoms with Crippen molar-refractivity contribution in [2.75, 3.05) is 6.61 Å². The number of fused-ring (bicyclic) bond motifs is 1. The lowest BCUT2D eigenvalue weighted by Gasteiger charge is -2.12. The van der Waals surface area contributed by atoms with Crippen LogP contribution in [-0.2, 0) is 4.74 Å². The summed E-state index contributed by atoms with van der Waals surface area (Å²) in [7, 11) is 0. The van der Waals surface area contributed by atoms with Gasteiger partial charge in [-0.2, -0.15) is 4.68 Å². The molecule has 0 fully saturated rings. The van der Waals surface area contributed by atoms with E-state index in [-0.39, 0.29) is 17.4 Å². The standard InChI is InChI=1S/C21H22N6O3S2/c1-6-30-20(29)16-12(4)15-18(28)22-17(23-19(15)32-16)13(5)31-21-24-25-26-27(21)14-9-7-8-10(2)11(14)3/h7-9,13H,6H2,1-5H3,(H,22,23,28). The van der Waals surface area contributed by atoms with Crippen LogP contribution in [-0.4, -0.2) is 42.8 Å². The molecule has 0 aliphatic carbocycles. The summed E-state index contributed by atoms with van der Waals surface area (Å²) < 4.78 is 6.79. The van der Waals surface area contributed by atoms with Gasteiger partial charge in [0.2, 0.25) is 5.16 Å². The molecule has 3 aromatic heterocycles. The maximum atomic E-state index is 12.8. The van der Waals surface area contributed by atoms with E-state index in [0.717, 1.165) is 16.8 Å². The van der Waals surface area contributed by atoms with Gasteiger partial charge in [-0.25, -0.2) is 9.78 Å². The molecule has 0 bridgehead atoms. The Kier molecular flexibility index (Phi) is 6.11. The number of hydrogen-bond donors (Lipinski definition) is 1. The fraction of sp³-hybridized carbons (Fsp3) is 0.333. The predicted molar refractivity (Wildman–Crippen MR) is 124 cm³/mol. The number of thioether (sulfide) groups is 1. The van der Waals surface area contributed by atoms with Crippen molar-refractivity contribution in [3.05, 3.63) is 55.9 Å². The zero-order chi connectivity index (χ0) is 23.0. The van der Waals surface area contributed by atoms with Crippen LogP contribution in [0.25, 0.3) is 15.9 Å². The maximum Gasteiger partial charge on any atom is 0.348 e. The van der Waals surface area contributed by atoms with Gasteiger partial charge in [0.1, 0.15) is 15.5 Å². The minimum absolute atomic E-state index is 0.240. The van der Waals surface area contributed by atoms with E-state index >= 15 is 0 Å². The molecular weight excluding hydrogens is 448 g/mol. The van der Waals surface area contributed by atoms with E-state index in [4.69, 9.17) is 4.74 Å². The van der Waals surface area contributed by atoms with Gasteiger partial charge in [-0.15, -0.1) is 16.4 Å². The lowest BCUT2D eigenvalue weighted by molar-refractivity contribution is 0.0531. The summed E-state index contributed by atoms with van der Waals surface area (Å²) in [5.41, 5.74) is 3.43. The first-order chi connectivity index (χ1) is 15.3. The molecule has 1 N–H and O–H groups in total. The molecule has 1 unspecified atom stereocenters. The highest BCUT2D eigenvalue weighted by molar-refractivity contribution is 7.99. The minimum atomic E-state index is -0.441. The molecule has 0 saturated heterocycles. The number of aryl methyl sites for hydroxylation is 2. The van der Waals surface area contributed by atoms with Crippen molar-refractivity contribution in [3.8, 4) is 5.69 Å². The third kappa shape index (κ3) is 3.93. The number of hydrogen-bond acceptors (Lipinski definition) is 9. The van der Waals surface area contributed by atoms with Gasteiger partial charge in [0.25, 0.3) is 5.56 Å². The average molecular weight is 471 g/mol. The number of rotatable bonds is 6. The van der Waals surface area contributed by atoms with E-state index in [1.54, 1.807) is 18.5 Å². The second-order valence-electron chi connectivity index (χ2n) is 7.26. The monoisotopic (exact) mass is 470 g/mol. The second kappa shape index (κ2) is 8.83. The zero-order valence-corrected chi connectivity index (χ0v) is 19.9. The quantitative estimate of drug-likeness (QED) is 0.333. The first-order valence-corrected chi connectivity index (χ1v) is 11.7. The summed E-state index contributed by atoms with van der Waals surface area (Å²) in [6.07, 6.45) is 0. The van der Waals surface area contributed by atoms with E-state index in [0.29, 0.717) is 31.6 Å². The highest BCUT2D eigenvalue weighted by atomic mass is 32.2. The number of esters is 1. The molecule has 4 aromatic rings. The van der Waals surface area contributed by atoms with Crippen LogP contribution in [0.4, 0.5) is 0 Å². The maximum absolute atomic E-state index is 12.8. The van der Waals surface area contributed by atoms with Gasteiger partial charge in [-0.3, -0.25) is 4.79 Å². The van der Waals surface area contributed by atoms with Gasteiger partial charge in [0.05, 0.1) is 22.9 Å². The summed E-state index contributed by atoms with van der Waals surface area (Å²) in [5, 5.41) is 12.9. The van der Waals surface area contributed by atoms with E-state index in [9.17, 15) is 9.59 Å². The Morgan fingerprint density at radius 1 is 1.28 bits per heavy atom. The molecule has 4 rings (SSSR count). The number of carbonyl (C=O) groups excluding carboxylic acids is 1. The van der Waals surface area contributed by atoms with Crippen molar-refractivity contribution >= 4 is 39.3 Å². The number of thiophene rings is 1. The summed E-state index contributed by atoms with van der Waals surface area (Å²) in [6, 6.07) is 5.96. The Balaban J connectivity index is 1.68. The molecule has 9 nitrogen and oxygen atoms in total. The van der Waals surface area contributed by atoms with Gasteiger partial charge in [0.15, 0.2) is 0 Å². The molecular formula is C21H22N6O3S2. The Labute approximate surface area is 192 Å². The third-order valence-electron chi connectivity index (χ3n) is 5.19. The van der Waals surface area contributed by atoms with Crippen LogP contribution in [0.2, 0.25) is 0 Å². The lowest BCUT2D eigenvalue weighted by Crippen LogP contribution is -2.13. The number of benzene rings is 1. The van der Waals surface area contributed by atoms with E-state index in [1.165, 1.54) is 23.1 Å². The molecule has 0 spiro atoms. The zero-order valence-electron chi connectivity index (χ0n) is 18.3. The molecule has 1 aromatic carbocycles. The number of ether oxygens (including phenoxy) is 1. The highest BCUT2D eigenvalue weighted by Crippen LogP contribution is 2.34. The Bertz CT molecular complexity index is 1370. The fourth-order valence-corrected chi connectivity index (χ4v) is 5.27. The topological polar surface area (TPSA) is 116 Å². The lowest BCUT2D eigenvalue weighted by atomic mass is 10.1. The highest BCUT2D eigenvalue weighted by Gasteiger charge is 2.23. The number of nitrogens with zero attached hydrogens (tertiary/aromatic N) is 5. The smallest absolute Gasteiger partial charge is 0.348 e. The molecule has 3 heterocycles. The molecule has 1 atom stereocenters. The Hall–Kier alpha value is -3.05. The number of carbonyl (C=O) groups is 1. The van der Waals surface area contributed by atoms with Crippen LogP contribution in [0, 0.1) is 20.8 Å². The summed E-state index contributed by atoms with van der Waals surface area (Å²) >= 11 is 2.56. The molecule has 0 radical (unpaired) electrons. The van der Waals surface area contributed by atoms with Crippen LogP contribution in [0.15, 0.2) is 28.2 Å². The molecule has 0 aliphatic heterocycles. The van der Waals surface area contributed by atoms with E-state index in [1.807, 2.05) is 39.0 Å². The van der Waals surface area contributed by atoms with Gasteiger partial charge in [-0.1, -0.05) is 23.9 Å². The van der Waals surface area contributed by atoms with Crippen molar-refractivity contribution in [2.24, 2.45) is 0 Å². The van der Waals surface area contributed by atoms with Crippen molar-refractivity contribution < 1.29 is 9.53 Å². The van der Waals surface area contributed by atoms with Crippen LogP contribution >= 0.6 is 23.1 Å². The molecule has 11 heteroatoms. The Morgan fingerprint density at radius 2 is 2.06 bits per heavy atom. The fourth-order valence-electron chi connectivity index (χ4n) is 3.33. The predicted octanol–water partition coefficient (Wildman–Crippen LogP) is 3.92. The first-order valence-electron chi connectivity index (χ1n) is 10.0. The summed E-state index contributed by atoms with van der Waals surface area (Å²) in [6.45, 7) is 9.73. The van der Waals surface area contributed by atoms with Crippen LogP contribution in [0.3, 0.4) is 0 Å². The second-order valence-corrected chi connectivity index (χ2v) is 9.57. The number of H-pyrrole nitrogens is 1. The molecule has 32 heavy (non-hydrogen) atoms. The SMILES string of the molecule is CCOC(=O)c1sc2nc(C(C)Sc3nnnn3-c3cccc(C)c3C)[nH]c(=O)c2c1C. The molecule has 0 saturated carbocycles. The number of aromatic nitrogens is 6. The van der Waals surface area contributed by atoms with Gasteiger partial charge < -0.3 is 9.72 Å². The largest absolute Gasteiger partial charge is 0.462 e. The van der Waals surface area contributed by atoms with Crippen molar-refractivity contribution in [2.45, 2.75) is 45.0 Å². The van der Waals surface area contributed by atoms with Crippen LogP contribution in [0.5, 0.6) is 0 Å². The molecule has 0 aliphatic rings.